The van der Waals surface area contributed by atoms with Gasteiger partial charge in [0.1, 0.15) is 6.54 Å². The van der Waals surface area contributed by atoms with Crippen LogP contribution in [0.15, 0.2) is 53.6 Å². The summed E-state index contributed by atoms with van der Waals surface area (Å²) in [6, 6.07) is 14.8. The van der Waals surface area contributed by atoms with Crippen LogP contribution in [0.4, 0.5) is 5.69 Å². The Morgan fingerprint density at radius 1 is 1.03 bits per heavy atom. The van der Waals surface area contributed by atoms with Gasteiger partial charge in [0.05, 0.1) is 32.4 Å². The molecule has 1 N–H and O–H groups in total. The molecule has 10 heteroatoms. The van der Waals surface area contributed by atoms with Gasteiger partial charge in [0.2, 0.25) is 10.0 Å². The number of carbonyl (C=O) groups excluding carboxylic acids is 1. The molecule has 3 rings (SSSR count). The van der Waals surface area contributed by atoms with E-state index >= 15 is 0 Å². The topological polar surface area (TPSA) is 102 Å². The molecule has 0 aliphatic rings. The van der Waals surface area contributed by atoms with Crippen LogP contribution in [0.5, 0.6) is 11.5 Å². The largest absolute Gasteiger partial charge is 0.493 e. The fraction of sp³-hybridized carbons (Fsp3) is 0.280. The number of hydrogen-bond acceptors (Lipinski definition) is 6. The van der Waals surface area contributed by atoms with Crippen LogP contribution in [-0.4, -0.2) is 52.1 Å². The van der Waals surface area contributed by atoms with Crippen molar-refractivity contribution >= 4 is 27.8 Å². The first-order chi connectivity index (χ1) is 16.5. The van der Waals surface area contributed by atoms with Gasteiger partial charge >= 0.3 is 0 Å². The quantitative estimate of drug-likeness (QED) is 0.360. The molecule has 0 bridgehead atoms. The highest BCUT2D eigenvalue weighted by Crippen LogP contribution is 2.32. The summed E-state index contributed by atoms with van der Waals surface area (Å²) in [4.78, 5) is 12.6. The molecule has 186 valence electrons. The first-order valence-electron chi connectivity index (χ1n) is 10.8. The number of hydrogen-bond donors (Lipinski definition) is 1. The van der Waals surface area contributed by atoms with Gasteiger partial charge in [0.15, 0.2) is 11.5 Å². The molecule has 0 radical (unpaired) electrons. The first kappa shape index (κ1) is 25.8. The maximum Gasteiger partial charge on any atom is 0.260 e. The summed E-state index contributed by atoms with van der Waals surface area (Å²) in [5.41, 5.74) is 7.72. The molecule has 0 saturated carbocycles. The van der Waals surface area contributed by atoms with Crippen LogP contribution in [0.25, 0.3) is 5.69 Å². The lowest BCUT2D eigenvalue weighted by Crippen LogP contribution is -2.39. The molecule has 1 heterocycles. The van der Waals surface area contributed by atoms with Crippen LogP contribution in [-0.2, 0) is 14.8 Å². The molecule has 0 atom stereocenters. The Hall–Kier alpha value is -3.79. The summed E-state index contributed by atoms with van der Waals surface area (Å²) in [6.45, 7) is 5.55. The van der Waals surface area contributed by atoms with Gasteiger partial charge < -0.3 is 14.0 Å². The van der Waals surface area contributed by atoms with Crippen LogP contribution in [0.1, 0.15) is 22.5 Å². The van der Waals surface area contributed by atoms with Gasteiger partial charge in [0.25, 0.3) is 5.91 Å². The van der Waals surface area contributed by atoms with Crippen molar-refractivity contribution in [3.8, 4) is 17.2 Å². The number of benzene rings is 2. The predicted octanol–water partition coefficient (Wildman–Crippen LogP) is 3.34. The van der Waals surface area contributed by atoms with Gasteiger partial charge in [0, 0.05) is 28.7 Å². The van der Waals surface area contributed by atoms with Gasteiger partial charge in [-0.05, 0) is 51.1 Å². The molecular formula is C25H30N4O5S. The smallest absolute Gasteiger partial charge is 0.260 e. The van der Waals surface area contributed by atoms with Crippen molar-refractivity contribution in [2.24, 2.45) is 5.10 Å². The number of rotatable bonds is 9. The summed E-state index contributed by atoms with van der Waals surface area (Å²) in [7, 11) is -0.827. The van der Waals surface area contributed by atoms with Gasteiger partial charge in [-0.15, -0.1) is 0 Å². The summed E-state index contributed by atoms with van der Waals surface area (Å²) in [5, 5.41) is 4.05. The summed E-state index contributed by atoms with van der Waals surface area (Å²) in [6.07, 6.45) is 2.58. The summed E-state index contributed by atoms with van der Waals surface area (Å²) < 4.78 is 38.3. The third kappa shape index (κ3) is 6.02. The maximum absolute atomic E-state index is 12.6. The molecule has 3 aromatic rings. The van der Waals surface area contributed by atoms with E-state index in [0.29, 0.717) is 11.5 Å². The minimum Gasteiger partial charge on any atom is -0.493 e. The Balaban J connectivity index is 1.76. The van der Waals surface area contributed by atoms with Gasteiger partial charge in [-0.2, -0.15) is 5.10 Å². The van der Waals surface area contributed by atoms with Crippen LogP contribution < -0.4 is 19.2 Å². The number of methoxy groups -OCH3 is 2. The third-order valence-corrected chi connectivity index (χ3v) is 6.64. The molecule has 0 fully saturated rings. The van der Waals surface area contributed by atoms with E-state index < -0.39 is 22.5 Å². The van der Waals surface area contributed by atoms with Crippen LogP contribution in [0, 0.1) is 20.8 Å². The maximum atomic E-state index is 12.6. The van der Waals surface area contributed by atoms with E-state index in [0.717, 1.165) is 33.2 Å². The molecule has 0 spiro atoms. The number of sulfonamides is 1. The lowest BCUT2D eigenvalue weighted by molar-refractivity contribution is -0.119. The van der Waals surface area contributed by atoms with E-state index in [1.54, 1.807) is 18.3 Å². The molecule has 35 heavy (non-hydrogen) atoms. The standard InChI is InChI=1S/C25H30N4O5S/c1-17-7-9-21(10-8-17)29-18(2)13-20(19(29)3)15-26-27-25(30)16-28(35(6,31)32)22-11-12-23(33-4)24(14-22)34-5/h7-15H,16H2,1-6H3,(H,27,30). The Morgan fingerprint density at radius 2 is 1.69 bits per heavy atom. The van der Waals surface area contributed by atoms with Gasteiger partial charge in [-0.25, -0.2) is 13.8 Å². The monoisotopic (exact) mass is 498 g/mol. The highest BCUT2D eigenvalue weighted by atomic mass is 32.2. The Labute approximate surface area is 206 Å². The second kappa shape index (κ2) is 10.6. The zero-order valence-electron chi connectivity index (χ0n) is 20.7. The molecule has 9 nitrogen and oxygen atoms in total. The van der Waals surface area contributed by atoms with E-state index in [4.69, 9.17) is 9.47 Å². The molecular weight excluding hydrogens is 468 g/mol. The second-order valence-corrected chi connectivity index (χ2v) is 10.0. The zero-order valence-corrected chi connectivity index (χ0v) is 21.5. The van der Waals surface area contributed by atoms with Crippen molar-refractivity contribution in [2.75, 3.05) is 31.3 Å². The average Bonchev–Trinajstić information content (AvgIpc) is 3.09. The van der Waals surface area contributed by atoms with Crippen LogP contribution >= 0.6 is 0 Å². The van der Waals surface area contributed by atoms with E-state index in [9.17, 15) is 13.2 Å². The number of nitrogens with one attached hydrogen (secondary N) is 1. The first-order valence-corrected chi connectivity index (χ1v) is 12.7. The number of anilines is 1. The second-order valence-electron chi connectivity index (χ2n) is 8.10. The van der Waals surface area contributed by atoms with Crippen molar-refractivity contribution < 1.29 is 22.7 Å². The summed E-state index contributed by atoms with van der Waals surface area (Å²) >= 11 is 0. The Kier molecular flexibility index (Phi) is 7.85. The van der Waals surface area contributed by atoms with Gasteiger partial charge in [-0.1, -0.05) is 17.7 Å². The van der Waals surface area contributed by atoms with Crippen molar-refractivity contribution in [3.05, 3.63) is 71.0 Å². The number of carbonyl (C=O) groups is 1. The van der Waals surface area contributed by atoms with E-state index in [2.05, 4.69) is 15.1 Å². The van der Waals surface area contributed by atoms with Crippen molar-refractivity contribution in [3.63, 3.8) is 0 Å². The minimum absolute atomic E-state index is 0.269. The SMILES string of the molecule is COc1ccc(N(CC(=O)NN=Cc2cc(C)n(-c3ccc(C)cc3)c2C)S(C)(=O)=O)cc1OC. The summed E-state index contributed by atoms with van der Waals surface area (Å²) in [5.74, 6) is 0.205. The van der Waals surface area contributed by atoms with Crippen molar-refractivity contribution in [1.29, 1.82) is 0 Å². The van der Waals surface area contributed by atoms with Crippen molar-refractivity contribution in [2.45, 2.75) is 20.8 Å². The number of ether oxygens (including phenoxy) is 2. The molecule has 2 aromatic carbocycles. The van der Waals surface area contributed by atoms with Crippen molar-refractivity contribution in [1.82, 2.24) is 9.99 Å². The Bertz CT molecular complexity index is 1340. The minimum atomic E-state index is -3.76. The lowest BCUT2D eigenvalue weighted by Gasteiger charge is -2.22. The molecule has 0 aliphatic heterocycles. The van der Waals surface area contributed by atoms with E-state index in [-0.39, 0.29) is 5.69 Å². The number of hydrazone groups is 1. The molecule has 1 aromatic heterocycles. The van der Waals surface area contributed by atoms with E-state index in [1.165, 1.54) is 25.8 Å². The van der Waals surface area contributed by atoms with Crippen LogP contribution in [0.3, 0.4) is 0 Å². The number of aryl methyl sites for hydroxylation is 2. The van der Waals surface area contributed by atoms with Crippen LogP contribution in [0.2, 0.25) is 0 Å². The highest BCUT2D eigenvalue weighted by Gasteiger charge is 2.22. The molecule has 1 amide bonds. The number of amides is 1. The number of nitrogens with zero attached hydrogens (tertiary/aromatic N) is 3. The molecule has 0 unspecified atom stereocenters. The molecule has 0 saturated heterocycles. The third-order valence-electron chi connectivity index (χ3n) is 5.50. The fourth-order valence-electron chi connectivity index (χ4n) is 3.73. The lowest BCUT2D eigenvalue weighted by atomic mass is 10.2. The Morgan fingerprint density at radius 3 is 2.29 bits per heavy atom. The average molecular weight is 499 g/mol. The highest BCUT2D eigenvalue weighted by molar-refractivity contribution is 7.92. The normalized spacial score (nSPS) is 11.5. The van der Waals surface area contributed by atoms with Gasteiger partial charge in [-0.3, -0.25) is 9.10 Å². The fourth-order valence-corrected chi connectivity index (χ4v) is 4.58. The zero-order chi connectivity index (χ0) is 25.8. The van der Waals surface area contributed by atoms with E-state index in [1.807, 2.05) is 51.1 Å². The number of aromatic nitrogens is 1. The predicted molar refractivity (Wildman–Crippen MR) is 137 cm³/mol. The molecule has 0 aliphatic carbocycles.